The van der Waals surface area contributed by atoms with Crippen molar-refractivity contribution in [3.63, 3.8) is 0 Å². The lowest BCUT2D eigenvalue weighted by molar-refractivity contribution is 0.553. The van der Waals surface area contributed by atoms with E-state index in [-0.39, 0.29) is 10.9 Å². The maximum absolute atomic E-state index is 12.4. The lowest BCUT2D eigenvalue weighted by Gasteiger charge is -2.16. The van der Waals surface area contributed by atoms with E-state index in [2.05, 4.69) is 10.0 Å². The maximum Gasteiger partial charge on any atom is 0.241 e. The first-order chi connectivity index (χ1) is 9.56. The zero-order valence-corrected chi connectivity index (χ0v) is 13.1. The van der Waals surface area contributed by atoms with Gasteiger partial charge in [-0.1, -0.05) is 13.0 Å². The van der Waals surface area contributed by atoms with E-state index in [1.54, 1.807) is 42.6 Å². The molecule has 0 saturated carbocycles. The Bertz CT molecular complexity index is 634. The van der Waals surface area contributed by atoms with Crippen molar-refractivity contribution in [1.82, 2.24) is 4.72 Å². The van der Waals surface area contributed by atoms with E-state index in [4.69, 9.17) is 0 Å². The quantitative estimate of drug-likeness (QED) is 0.861. The van der Waals surface area contributed by atoms with Gasteiger partial charge >= 0.3 is 0 Å². The summed E-state index contributed by atoms with van der Waals surface area (Å²) in [5.74, 6) is 0. The van der Waals surface area contributed by atoms with Crippen LogP contribution in [0.3, 0.4) is 0 Å². The van der Waals surface area contributed by atoms with E-state index in [1.807, 2.05) is 24.4 Å². The van der Waals surface area contributed by atoms with Gasteiger partial charge in [-0.15, -0.1) is 11.3 Å². The van der Waals surface area contributed by atoms with Crippen molar-refractivity contribution in [2.24, 2.45) is 0 Å². The number of nitrogens with one attached hydrogen (secondary N) is 2. The minimum atomic E-state index is -3.49. The highest BCUT2D eigenvalue weighted by Gasteiger charge is 2.20. The number of thiophene rings is 1. The molecule has 0 amide bonds. The lowest BCUT2D eigenvalue weighted by Crippen LogP contribution is -2.27. The van der Waals surface area contributed by atoms with E-state index in [0.29, 0.717) is 6.42 Å². The van der Waals surface area contributed by atoms with Crippen LogP contribution < -0.4 is 10.0 Å². The average molecular weight is 310 g/mol. The van der Waals surface area contributed by atoms with E-state index in [0.717, 1.165) is 10.6 Å². The van der Waals surface area contributed by atoms with E-state index in [1.165, 1.54) is 0 Å². The molecule has 0 aliphatic carbocycles. The van der Waals surface area contributed by atoms with Crippen molar-refractivity contribution < 1.29 is 8.42 Å². The molecule has 4 nitrogen and oxygen atoms in total. The third kappa shape index (κ3) is 3.39. The summed E-state index contributed by atoms with van der Waals surface area (Å²) in [5.41, 5.74) is 0.884. The molecule has 0 fully saturated rings. The van der Waals surface area contributed by atoms with Gasteiger partial charge in [-0.25, -0.2) is 13.1 Å². The molecule has 1 unspecified atom stereocenters. The Labute approximate surface area is 123 Å². The fraction of sp³-hybridized carbons (Fsp3) is 0.286. The van der Waals surface area contributed by atoms with Gasteiger partial charge in [-0.3, -0.25) is 0 Å². The van der Waals surface area contributed by atoms with Crippen molar-refractivity contribution in [3.8, 4) is 0 Å². The second kappa shape index (κ2) is 6.39. The summed E-state index contributed by atoms with van der Waals surface area (Å²) in [7, 11) is -1.70. The van der Waals surface area contributed by atoms with Gasteiger partial charge in [-0.05, 0) is 42.1 Å². The Morgan fingerprint density at radius 1 is 1.20 bits per heavy atom. The Kier molecular flexibility index (Phi) is 4.80. The molecule has 0 aliphatic rings. The number of benzene rings is 1. The molecule has 20 heavy (non-hydrogen) atoms. The molecular formula is C14H18N2O2S2. The number of hydrogen-bond donors (Lipinski definition) is 2. The minimum Gasteiger partial charge on any atom is -0.388 e. The van der Waals surface area contributed by atoms with Gasteiger partial charge < -0.3 is 5.32 Å². The third-order valence-corrected chi connectivity index (χ3v) is 5.52. The van der Waals surface area contributed by atoms with E-state index < -0.39 is 10.0 Å². The second-order valence-corrected chi connectivity index (χ2v) is 7.07. The molecule has 1 atom stereocenters. The summed E-state index contributed by atoms with van der Waals surface area (Å²) in [6.07, 6.45) is 0.717. The van der Waals surface area contributed by atoms with Crippen LogP contribution in [0.4, 0.5) is 5.69 Å². The summed E-state index contributed by atoms with van der Waals surface area (Å²) < 4.78 is 27.5. The molecule has 0 radical (unpaired) electrons. The minimum absolute atomic E-state index is 0.177. The molecule has 1 aromatic heterocycles. The highest BCUT2D eigenvalue weighted by atomic mass is 32.2. The van der Waals surface area contributed by atoms with Crippen molar-refractivity contribution in [2.45, 2.75) is 24.3 Å². The molecule has 0 aliphatic heterocycles. The molecule has 2 N–H and O–H groups in total. The van der Waals surface area contributed by atoms with E-state index >= 15 is 0 Å². The van der Waals surface area contributed by atoms with Gasteiger partial charge in [-0.2, -0.15) is 0 Å². The second-order valence-electron chi connectivity index (χ2n) is 4.37. The highest BCUT2D eigenvalue weighted by molar-refractivity contribution is 7.89. The van der Waals surface area contributed by atoms with Crippen molar-refractivity contribution in [3.05, 3.63) is 46.7 Å². The third-order valence-electron chi connectivity index (χ3n) is 3.05. The topological polar surface area (TPSA) is 58.2 Å². The zero-order chi connectivity index (χ0) is 14.6. The molecule has 2 aromatic rings. The van der Waals surface area contributed by atoms with Crippen LogP contribution in [0.1, 0.15) is 24.3 Å². The average Bonchev–Trinajstić information content (AvgIpc) is 2.99. The predicted molar refractivity (Wildman–Crippen MR) is 83.7 cm³/mol. The molecule has 1 heterocycles. The van der Waals surface area contributed by atoms with Crippen LogP contribution in [0.25, 0.3) is 0 Å². The van der Waals surface area contributed by atoms with Crippen LogP contribution in [0.5, 0.6) is 0 Å². The molecular weight excluding hydrogens is 292 g/mol. The molecule has 0 saturated heterocycles. The fourth-order valence-electron chi connectivity index (χ4n) is 1.89. The highest BCUT2D eigenvalue weighted by Crippen LogP contribution is 2.24. The predicted octanol–water partition coefficient (Wildman–Crippen LogP) is 3.22. The van der Waals surface area contributed by atoms with Crippen LogP contribution in [-0.4, -0.2) is 15.5 Å². The van der Waals surface area contributed by atoms with Gasteiger partial charge in [0.05, 0.1) is 10.9 Å². The van der Waals surface area contributed by atoms with Crippen LogP contribution in [0, 0.1) is 0 Å². The largest absolute Gasteiger partial charge is 0.388 e. The Hall–Kier alpha value is -1.37. The lowest BCUT2D eigenvalue weighted by atomic mass is 10.2. The molecule has 0 spiro atoms. The summed E-state index contributed by atoms with van der Waals surface area (Å²) in [6.45, 7) is 1.97. The van der Waals surface area contributed by atoms with Gasteiger partial charge in [0.25, 0.3) is 0 Å². The van der Waals surface area contributed by atoms with Gasteiger partial charge in [0.15, 0.2) is 0 Å². The normalized spacial score (nSPS) is 13.1. The van der Waals surface area contributed by atoms with Crippen LogP contribution in [-0.2, 0) is 10.0 Å². The molecule has 2 rings (SSSR count). The summed E-state index contributed by atoms with van der Waals surface area (Å²) in [6, 6.07) is 10.4. The van der Waals surface area contributed by atoms with Crippen LogP contribution >= 0.6 is 11.3 Å². The first kappa shape index (κ1) is 15.0. The Morgan fingerprint density at radius 2 is 1.90 bits per heavy atom. The molecule has 108 valence electrons. The summed E-state index contributed by atoms with van der Waals surface area (Å²) in [5, 5.41) is 4.92. The monoisotopic (exact) mass is 310 g/mol. The first-order valence-electron chi connectivity index (χ1n) is 6.40. The van der Waals surface area contributed by atoms with Crippen molar-refractivity contribution in [2.75, 3.05) is 12.4 Å². The van der Waals surface area contributed by atoms with Gasteiger partial charge in [0.2, 0.25) is 10.0 Å². The SMILES string of the molecule is CCC(NS(=O)(=O)c1ccc(NC)cc1)c1cccs1. The first-order valence-corrected chi connectivity index (χ1v) is 8.76. The Morgan fingerprint density at radius 3 is 2.40 bits per heavy atom. The number of anilines is 1. The van der Waals surface area contributed by atoms with Crippen LogP contribution in [0.2, 0.25) is 0 Å². The number of rotatable bonds is 6. The van der Waals surface area contributed by atoms with Crippen molar-refractivity contribution in [1.29, 1.82) is 0 Å². The summed E-state index contributed by atoms with van der Waals surface area (Å²) in [4.78, 5) is 1.31. The maximum atomic E-state index is 12.4. The zero-order valence-electron chi connectivity index (χ0n) is 11.5. The Balaban J connectivity index is 2.21. The molecule has 6 heteroatoms. The standard InChI is InChI=1S/C14H18N2O2S2/c1-3-13(14-5-4-10-19-14)16-20(17,18)12-8-6-11(15-2)7-9-12/h4-10,13,15-16H,3H2,1-2H3. The summed E-state index contributed by atoms with van der Waals surface area (Å²) >= 11 is 1.56. The fourth-order valence-corrected chi connectivity index (χ4v) is 4.12. The van der Waals surface area contributed by atoms with E-state index in [9.17, 15) is 8.42 Å². The van der Waals surface area contributed by atoms with Gasteiger partial charge in [0.1, 0.15) is 0 Å². The smallest absolute Gasteiger partial charge is 0.241 e. The number of hydrogen-bond acceptors (Lipinski definition) is 4. The van der Waals surface area contributed by atoms with Crippen molar-refractivity contribution >= 4 is 27.0 Å². The molecule has 0 bridgehead atoms. The molecule has 1 aromatic carbocycles. The van der Waals surface area contributed by atoms with Gasteiger partial charge in [0, 0.05) is 17.6 Å². The van der Waals surface area contributed by atoms with Crippen LogP contribution in [0.15, 0.2) is 46.7 Å². The number of sulfonamides is 1.